The minimum absolute atomic E-state index is 0.0811. The Bertz CT molecular complexity index is 1070. The van der Waals surface area contributed by atoms with Crippen LogP contribution in [0.5, 0.6) is 5.75 Å². The molecular formula is C22H24N2O3. The van der Waals surface area contributed by atoms with E-state index in [1.54, 1.807) is 17.0 Å². The molecule has 0 amide bonds. The first-order valence-electron chi connectivity index (χ1n) is 9.10. The molecule has 27 heavy (non-hydrogen) atoms. The molecule has 0 spiro atoms. The Morgan fingerprint density at radius 3 is 2.56 bits per heavy atom. The first kappa shape index (κ1) is 18.8. The average Bonchev–Trinajstić information content (AvgIpc) is 2.64. The summed E-state index contributed by atoms with van der Waals surface area (Å²) in [6.45, 7) is 8.23. The van der Waals surface area contributed by atoms with E-state index in [1.165, 1.54) is 0 Å². The van der Waals surface area contributed by atoms with Crippen molar-refractivity contribution in [1.29, 1.82) is 0 Å². The number of hydrogen-bond donors (Lipinski definition) is 0. The lowest BCUT2D eigenvalue weighted by molar-refractivity contribution is -0.134. The highest BCUT2D eigenvalue weighted by Crippen LogP contribution is 2.26. The normalized spacial score (nSPS) is 11.0. The van der Waals surface area contributed by atoms with Gasteiger partial charge in [0, 0.05) is 13.0 Å². The lowest BCUT2D eigenvalue weighted by atomic mass is 10.1. The quantitative estimate of drug-likeness (QED) is 0.507. The van der Waals surface area contributed by atoms with Gasteiger partial charge in [-0.1, -0.05) is 24.3 Å². The molecule has 1 heterocycles. The van der Waals surface area contributed by atoms with E-state index in [2.05, 4.69) is 4.98 Å². The van der Waals surface area contributed by atoms with E-state index in [0.717, 1.165) is 27.8 Å². The zero-order valence-corrected chi connectivity index (χ0v) is 16.2. The number of para-hydroxylation sites is 1. The lowest BCUT2D eigenvalue weighted by Crippen LogP contribution is -2.21. The summed E-state index contributed by atoms with van der Waals surface area (Å²) < 4.78 is 7.12. The number of esters is 1. The highest BCUT2D eigenvalue weighted by Gasteiger charge is 2.12. The van der Waals surface area contributed by atoms with Gasteiger partial charge >= 0.3 is 5.97 Å². The maximum Gasteiger partial charge on any atom is 0.311 e. The van der Waals surface area contributed by atoms with E-state index < -0.39 is 0 Å². The zero-order chi connectivity index (χ0) is 19.6. The highest BCUT2D eigenvalue weighted by atomic mass is 16.5. The van der Waals surface area contributed by atoms with Gasteiger partial charge in [-0.05, 0) is 62.4 Å². The van der Waals surface area contributed by atoms with Crippen molar-refractivity contribution >= 4 is 16.9 Å². The summed E-state index contributed by atoms with van der Waals surface area (Å²) in [6.07, 6.45) is 2.31. The smallest absolute Gasteiger partial charge is 0.311 e. The molecule has 0 saturated heterocycles. The van der Waals surface area contributed by atoms with Crippen LogP contribution in [0, 0.1) is 27.7 Å². The number of fused-ring (bicyclic) bond motifs is 1. The van der Waals surface area contributed by atoms with Crippen molar-refractivity contribution in [2.45, 2.75) is 47.1 Å². The predicted octanol–water partition coefficient (Wildman–Crippen LogP) is 4.02. The summed E-state index contributed by atoms with van der Waals surface area (Å²) in [5.74, 6) is 0.351. The number of nitrogens with zero attached hydrogens (tertiary/aromatic N) is 2. The van der Waals surface area contributed by atoms with E-state index in [4.69, 9.17) is 4.74 Å². The molecule has 5 heteroatoms. The van der Waals surface area contributed by atoms with Crippen LogP contribution >= 0.6 is 0 Å². The summed E-state index contributed by atoms with van der Waals surface area (Å²) in [4.78, 5) is 29.2. The molecule has 1 aromatic heterocycles. The average molecular weight is 364 g/mol. The van der Waals surface area contributed by atoms with Crippen molar-refractivity contribution in [2.24, 2.45) is 0 Å². The van der Waals surface area contributed by atoms with Crippen LogP contribution in [-0.2, 0) is 11.3 Å². The Morgan fingerprint density at radius 1 is 1.04 bits per heavy atom. The molecule has 0 atom stereocenters. The van der Waals surface area contributed by atoms with Crippen molar-refractivity contribution in [2.75, 3.05) is 0 Å². The van der Waals surface area contributed by atoms with Gasteiger partial charge in [0.25, 0.3) is 5.56 Å². The fourth-order valence-electron chi connectivity index (χ4n) is 3.14. The predicted molar refractivity (Wildman–Crippen MR) is 106 cm³/mol. The van der Waals surface area contributed by atoms with Crippen LogP contribution in [0.15, 0.2) is 41.5 Å². The van der Waals surface area contributed by atoms with E-state index in [9.17, 15) is 9.59 Å². The summed E-state index contributed by atoms with van der Waals surface area (Å²) in [7, 11) is 0. The van der Waals surface area contributed by atoms with Crippen LogP contribution in [0.3, 0.4) is 0 Å². The molecule has 5 nitrogen and oxygen atoms in total. The maximum absolute atomic E-state index is 12.6. The number of carbonyl (C=O) groups is 1. The van der Waals surface area contributed by atoms with E-state index >= 15 is 0 Å². The number of aryl methyl sites for hydroxylation is 4. The molecule has 0 unspecified atom stereocenters. The molecule has 0 aliphatic heterocycles. The van der Waals surface area contributed by atoms with Crippen LogP contribution in [0.4, 0.5) is 0 Å². The van der Waals surface area contributed by atoms with Gasteiger partial charge in [-0.2, -0.15) is 0 Å². The SMILES string of the molecule is Cc1ccc(C)c(OC(=O)CCCn2cnc3c(C)cccc3c2=O)c1C. The van der Waals surface area contributed by atoms with Crippen LogP contribution in [0.1, 0.15) is 35.1 Å². The topological polar surface area (TPSA) is 61.2 Å². The molecule has 0 N–H and O–H groups in total. The van der Waals surface area contributed by atoms with E-state index in [0.29, 0.717) is 24.1 Å². The summed E-state index contributed by atoms with van der Waals surface area (Å²) in [5.41, 5.74) is 4.63. The van der Waals surface area contributed by atoms with Crippen molar-refractivity contribution < 1.29 is 9.53 Å². The Hall–Kier alpha value is -2.95. The third kappa shape index (κ3) is 3.92. The molecule has 0 saturated carbocycles. The summed E-state index contributed by atoms with van der Waals surface area (Å²) in [5, 5.41) is 0.603. The van der Waals surface area contributed by atoms with Gasteiger partial charge < -0.3 is 4.74 Å². The molecule has 0 fully saturated rings. The largest absolute Gasteiger partial charge is 0.426 e. The fourth-order valence-corrected chi connectivity index (χ4v) is 3.14. The van der Waals surface area contributed by atoms with Gasteiger partial charge in [0.05, 0.1) is 17.2 Å². The molecular weight excluding hydrogens is 340 g/mol. The number of carbonyl (C=O) groups excluding carboxylic acids is 1. The minimum Gasteiger partial charge on any atom is -0.426 e. The molecule has 3 aromatic rings. The number of aromatic nitrogens is 2. The van der Waals surface area contributed by atoms with Gasteiger partial charge in [-0.15, -0.1) is 0 Å². The molecule has 140 valence electrons. The van der Waals surface area contributed by atoms with Crippen molar-refractivity contribution in [3.05, 3.63) is 69.3 Å². The summed E-state index contributed by atoms with van der Waals surface area (Å²) in [6, 6.07) is 9.54. The van der Waals surface area contributed by atoms with Gasteiger partial charge in [-0.25, -0.2) is 4.98 Å². The first-order valence-corrected chi connectivity index (χ1v) is 9.10. The molecule has 0 aliphatic rings. The second-order valence-corrected chi connectivity index (χ2v) is 6.95. The molecule has 0 aliphatic carbocycles. The number of hydrogen-bond acceptors (Lipinski definition) is 4. The van der Waals surface area contributed by atoms with Crippen molar-refractivity contribution in [3.8, 4) is 5.75 Å². The van der Waals surface area contributed by atoms with Gasteiger partial charge in [-0.3, -0.25) is 14.2 Å². The van der Waals surface area contributed by atoms with Crippen molar-refractivity contribution in [3.63, 3.8) is 0 Å². The Balaban J connectivity index is 1.66. The number of benzene rings is 2. The van der Waals surface area contributed by atoms with E-state index in [-0.39, 0.29) is 17.9 Å². The molecule has 2 aromatic carbocycles. The van der Waals surface area contributed by atoms with Crippen LogP contribution in [0.25, 0.3) is 10.9 Å². The second-order valence-electron chi connectivity index (χ2n) is 6.95. The van der Waals surface area contributed by atoms with E-state index in [1.807, 2.05) is 52.0 Å². The highest BCUT2D eigenvalue weighted by molar-refractivity contribution is 5.80. The Labute approximate surface area is 158 Å². The van der Waals surface area contributed by atoms with Crippen LogP contribution in [0.2, 0.25) is 0 Å². The lowest BCUT2D eigenvalue weighted by Gasteiger charge is -2.12. The zero-order valence-electron chi connectivity index (χ0n) is 16.2. The number of ether oxygens (including phenoxy) is 1. The standard InChI is InChI=1S/C22H24N2O3/c1-14-10-11-16(3)21(17(14)4)27-19(25)9-6-12-24-13-23-20-15(2)7-5-8-18(20)22(24)26/h5,7-8,10-11,13H,6,9,12H2,1-4H3. The first-order chi connectivity index (χ1) is 12.9. The third-order valence-electron chi connectivity index (χ3n) is 4.92. The van der Waals surface area contributed by atoms with Gasteiger partial charge in [0.1, 0.15) is 5.75 Å². The van der Waals surface area contributed by atoms with Gasteiger partial charge in [0.15, 0.2) is 0 Å². The molecule has 3 rings (SSSR count). The molecule has 0 bridgehead atoms. The third-order valence-corrected chi connectivity index (χ3v) is 4.92. The molecule has 0 radical (unpaired) electrons. The monoisotopic (exact) mass is 364 g/mol. The Kier molecular flexibility index (Phi) is 5.40. The Morgan fingerprint density at radius 2 is 1.78 bits per heavy atom. The maximum atomic E-state index is 12.6. The van der Waals surface area contributed by atoms with Gasteiger partial charge in [0.2, 0.25) is 0 Å². The van der Waals surface area contributed by atoms with Crippen LogP contribution in [-0.4, -0.2) is 15.5 Å². The second kappa shape index (κ2) is 7.74. The van der Waals surface area contributed by atoms with Crippen molar-refractivity contribution in [1.82, 2.24) is 9.55 Å². The summed E-state index contributed by atoms with van der Waals surface area (Å²) >= 11 is 0. The fraction of sp³-hybridized carbons (Fsp3) is 0.318. The minimum atomic E-state index is -0.288. The number of rotatable bonds is 5. The van der Waals surface area contributed by atoms with Crippen LogP contribution < -0.4 is 10.3 Å².